The largest absolute Gasteiger partial charge is 0.416 e. The monoisotopic (exact) mass is 339 g/mol. The number of alkyl halides is 4. The van der Waals surface area contributed by atoms with Crippen LogP contribution in [0, 0.1) is 0 Å². The van der Waals surface area contributed by atoms with E-state index in [0.717, 1.165) is 24.6 Å². The molecular weight excluding hydrogens is 327 g/mol. The van der Waals surface area contributed by atoms with Crippen LogP contribution >= 0.6 is 27.7 Å². The fourth-order valence-corrected chi connectivity index (χ4v) is 3.36. The molecule has 1 nitrogen and oxygen atoms in total. The molecule has 1 aliphatic rings. The lowest BCUT2D eigenvalue weighted by Gasteiger charge is -2.29. The summed E-state index contributed by atoms with van der Waals surface area (Å²) in [6, 6.07) is 4.61. The molecule has 0 N–H and O–H groups in total. The first-order valence-corrected chi connectivity index (χ1v) is 7.89. The van der Waals surface area contributed by atoms with E-state index in [1.807, 2.05) is 16.7 Å². The van der Waals surface area contributed by atoms with Gasteiger partial charge in [0.1, 0.15) is 0 Å². The van der Waals surface area contributed by atoms with Gasteiger partial charge in [0.15, 0.2) is 0 Å². The normalized spacial score (nSPS) is 17.0. The SMILES string of the molecule is FC(F)(F)c1cc(N2CCSCC2)ccc1CBr. The standard InChI is InChI=1S/C12H13BrF3NS/c13-8-9-1-2-10(7-11(9)12(14,15)16)17-3-5-18-6-4-17/h1-2,7H,3-6,8H2. The van der Waals surface area contributed by atoms with Crippen LogP contribution in [0.5, 0.6) is 0 Å². The molecule has 0 aliphatic carbocycles. The molecule has 1 aromatic carbocycles. The van der Waals surface area contributed by atoms with Crippen LogP contribution in [-0.4, -0.2) is 24.6 Å². The molecule has 0 unspecified atom stereocenters. The summed E-state index contributed by atoms with van der Waals surface area (Å²) in [6.45, 7) is 1.63. The Morgan fingerprint density at radius 1 is 1.22 bits per heavy atom. The van der Waals surface area contributed by atoms with Crippen molar-refractivity contribution in [2.75, 3.05) is 29.5 Å². The van der Waals surface area contributed by atoms with Crippen LogP contribution < -0.4 is 4.90 Å². The Balaban J connectivity index is 2.33. The maximum atomic E-state index is 12.9. The van der Waals surface area contributed by atoms with Crippen LogP contribution in [0.3, 0.4) is 0 Å². The average Bonchev–Trinajstić information content (AvgIpc) is 2.38. The van der Waals surface area contributed by atoms with Crippen LogP contribution in [-0.2, 0) is 11.5 Å². The van der Waals surface area contributed by atoms with Crippen molar-refractivity contribution in [2.45, 2.75) is 11.5 Å². The zero-order valence-corrected chi connectivity index (χ0v) is 12.0. The van der Waals surface area contributed by atoms with Crippen LogP contribution in [0.2, 0.25) is 0 Å². The van der Waals surface area contributed by atoms with Crippen LogP contribution in [0.15, 0.2) is 18.2 Å². The molecule has 2 rings (SSSR count). The number of hydrogen-bond donors (Lipinski definition) is 0. The molecule has 0 radical (unpaired) electrons. The topological polar surface area (TPSA) is 3.24 Å². The van der Waals surface area contributed by atoms with Gasteiger partial charge >= 0.3 is 6.18 Å². The predicted octanol–water partition coefficient (Wildman–Crippen LogP) is 4.15. The second-order valence-electron chi connectivity index (χ2n) is 4.07. The first-order chi connectivity index (χ1) is 8.52. The molecule has 100 valence electrons. The Morgan fingerprint density at radius 3 is 2.44 bits per heavy atom. The number of anilines is 1. The molecular formula is C12H13BrF3NS. The van der Waals surface area contributed by atoms with Crippen LogP contribution in [0.4, 0.5) is 18.9 Å². The number of hydrogen-bond acceptors (Lipinski definition) is 2. The van der Waals surface area contributed by atoms with E-state index in [1.165, 1.54) is 6.07 Å². The summed E-state index contributed by atoms with van der Waals surface area (Å²) in [5, 5.41) is 0.220. The van der Waals surface area contributed by atoms with Gasteiger partial charge in [0, 0.05) is 35.6 Å². The van der Waals surface area contributed by atoms with Gasteiger partial charge in [0.25, 0.3) is 0 Å². The van der Waals surface area contributed by atoms with Gasteiger partial charge in [-0.05, 0) is 17.7 Å². The van der Waals surface area contributed by atoms with Gasteiger partial charge in [0.05, 0.1) is 5.56 Å². The highest BCUT2D eigenvalue weighted by Gasteiger charge is 2.33. The average molecular weight is 340 g/mol. The molecule has 1 aromatic rings. The number of nitrogens with zero attached hydrogens (tertiary/aromatic N) is 1. The first-order valence-electron chi connectivity index (χ1n) is 5.61. The van der Waals surface area contributed by atoms with Crippen molar-refractivity contribution in [1.29, 1.82) is 0 Å². The third kappa shape index (κ3) is 3.15. The van der Waals surface area contributed by atoms with Crippen molar-refractivity contribution in [3.63, 3.8) is 0 Å². The lowest BCUT2D eigenvalue weighted by Crippen LogP contribution is -2.32. The zero-order chi connectivity index (χ0) is 13.2. The van der Waals surface area contributed by atoms with Gasteiger partial charge in [-0.1, -0.05) is 22.0 Å². The van der Waals surface area contributed by atoms with Crippen molar-refractivity contribution < 1.29 is 13.2 Å². The lowest BCUT2D eigenvalue weighted by atomic mass is 10.1. The number of benzene rings is 1. The van der Waals surface area contributed by atoms with Gasteiger partial charge in [0.2, 0.25) is 0 Å². The second kappa shape index (κ2) is 5.74. The van der Waals surface area contributed by atoms with E-state index < -0.39 is 11.7 Å². The molecule has 0 amide bonds. The number of thioether (sulfide) groups is 1. The smallest absolute Gasteiger partial charge is 0.370 e. The Bertz CT molecular complexity index is 416. The van der Waals surface area contributed by atoms with Crippen LogP contribution in [0.25, 0.3) is 0 Å². The summed E-state index contributed by atoms with van der Waals surface area (Å²) in [7, 11) is 0. The summed E-state index contributed by atoms with van der Waals surface area (Å²) >= 11 is 4.94. The van der Waals surface area contributed by atoms with Crippen molar-refractivity contribution >= 4 is 33.4 Å². The van der Waals surface area contributed by atoms with Crippen molar-refractivity contribution in [1.82, 2.24) is 0 Å². The lowest BCUT2D eigenvalue weighted by molar-refractivity contribution is -0.138. The van der Waals surface area contributed by atoms with E-state index >= 15 is 0 Å². The Hall–Kier alpha value is -0.360. The summed E-state index contributed by atoms with van der Waals surface area (Å²) < 4.78 is 38.8. The fourth-order valence-electron chi connectivity index (χ4n) is 1.96. The van der Waals surface area contributed by atoms with E-state index in [9.17, 15) is 13.2 Å². The Kier molecular flexibility index (Phi) is 4.48. The number of rotatable bonds is 2. The summed E-state index contributed by atoms with van der Waals surface area (Å²) in [5.41, 5.74) is 0.431. The van der Waals surface area contributed by atoms with Gasteiger partial charge in [-0.2, -0.15) is 24.9 Å². The highest BCUT2D eigenvalue weighted by molar-refractivity contribution is 9.08. The van der Waals surface area contributed by atoms with Gasteiger partial charge in [-0.25, -0.2) is 0 Å². The van der Waals surface area contributed by atoms with E-state index in [2.05, 4.69) is 15.9 Å². The molecule has 0 saturated carbocycles. The van der Waals surface area contributed by atoms with Crippen molar-refractivity contribution in [3.05, 3.63) is 29.3 Å². The minimum absolute atomic E-state index is 0.220. The fraction of sp³-hybridized carbons (Fsp3) is 0.500. The quantitative estimate of drug-likeness (QED) is 0.744. The predicted molar refractivity (Wildman–Crippen MR) is 73.6 cm³/mol. The van der Waals surface area contributed by atoms with E-state index in [1.54, 1.807) is 12.1 Å². The maximum Gasteiger partial charge on any atom is 0.416 e. The minimum Gasteiger partial charge on any atom is -0.370 e. The highest BCUT2D eigenvalue weighted by atomic mass is 79.9. The summed E-state index contributed by atoms with van der Waals surface area (Å²) in [5.74, 6) is 1.95. The minimum atomic E-state index is -4.29. The van der Waals surface area contributed by atoms with Crippen molar-refractivity contribution in [2.24, 2.45) is 0 Å². The number of halogens is 4. The molecule has 0 bridgehead atoms. The second-order valence-corrected chi connectivity index (χ2v) is 5.86. The van der Waals surface area contributed by atoms with E-state index in [-0.39, 0.29) is 10.9 Å². The molecule has 1 heterocycles. The van der Waals surface area contributed by atoms with E-state index in [0.29, 0.717) is 5.69 Å². The Morgan fingerprint density at radius 2 is 1.89 bits per heavy atom. The first kappa shape index (κ1) is 14.1. The van der Waals surface area contributed by atoms with E-state index in [4.69, 9.17) is 0 Å². The molecule has 0 aromatic heterocycles. The van der Waals surface area contributed by atoms with Gasteiger partial charge in [-0.3, -0.25) is 0 Å². The van der Waals surface area contributed by atoms with Crippen LogP contribution in [0.1, 0.15) is 11.1 Å². The molecule has 18 heavy (non-hydrogen) atoms. The molecule has 1 aliphatic heterocycles. The summed E-state index contributed by atoms with van der Waals surface area (Å²) in [4.78, 5) is 2.02. The molecule has 1 saturated heterocycles. The molecule has 0 atom stereocenters. The maximum absolute atomic E-state index is 12.9. The summed E-state index contributed by atoms with van der Waals surface area (Å²) in [6.07, 6.45) is -4.29. The van der Waals surface area contributed by atoms with Crippen molar-refractivity contribution in [3.8, 4) is 0 Å². The molecule has 6 heteroatoms. The van der Waals surface area contributed by atoms with Gasteiger partial charge in [-0.15, -0.1) is 0 Å². The Labute approximate surface area is 117 Å². The molecule has 1 fully saturated rings. The third-order valence-corrected chi connectivity index (χ3v) is 4.47. The third-order valence-electron chi connectivity index (χ3n) is 2.92. The zero-order valence-electron chi connectivity index (χ0n) is 9.63. The highest BCUT2D eigenvalue weighted by Crippen LogP contribution is 2.35. The van der Waals surface area contributed by atoms with Gasteiger partial charge < -0.3 is 4.90 Å². The molecule has 0 spiro atoms.